The van der Waals surface area contributed by atoms with Crippen LogP contribution in [0.5, 0.6) is 5.75 Å². The zero-order chi connectivity index (χ0) is 8.97. The zero-order valence-corrected chi connectivity index (χ0v) is 8.01. The van der Waals surface area contributed by atoms with Gasteiger partial charge in [-0.2, -0.15) is 0 Å². The number of alkyl halides is 1. The first-order valence-corrected chi connectivity index (χ1v) is 4.29. The van der Waals surface area contributed by atoms with Gasteiger partial charge in [0, 0.05) is 11.8 Å². The number of ether oxygens (including phenoxy) is 1. The fourth-order valence-corrected chi connectivity index (χ4v) is 1.13. The lowest BCUT2D eigenvalue weighted by atomic mass is 10.1. The smallest absolute Gasteiger partial charge is 0.118 e. The summed E-state index contributed by atoms with van der Waals surface area (Å²) >= 11 is 5.80. The summed E-state index contributed by atoms with van der Waals surface area (Å²) in [5.41, 5.74) is 1.12. The van der Waals surface area contributed by atoms with Crippen molar-refractivity contribution < 1.29 is 4.74 Å². The molecule has 0 aliphatic carbocycles. The molecule has 0 aliphatic heterocycles. The van der Waals surface area contributed by atoms with Gasteiger partial charge in [0.25, 0.3) is 0 Å². The van der Waals surface area contributed by atoms with Crippen LogP contribution in [0, 0.1) is 6.42 Å². The molecule has 0 saturated heterocycles. The third-order valence-electron chi connectivity index (χ3n) is 1.54. The Labute approximate surface area is 78.3 Å². The Morgan fingerprint density at radius 1 is 1.33 bits per heavy atom. The minimum absolute atomic E-state index is 0.0680. The van der Waals surface area contributed by atoms with Gasteiger partial charge in [-0.1, -0.05) is 12.1 Å². The molecule has 0 N–H and O–H groups in total. The first kappa shape index (κ1) is 9.40. The van der Waals surface area contributed by atoms with Gasteiger partial charge < -0.3 is 4.74 Å². The number of hydrogen-bond acceptors (Lipinski definition) is 1. The number of halogens is 1. The minimum Gasteiger partial charge on any atom is -0.497 e. The maximum Gasteiger partial charge on any atom is 0.118 e. The van der Waals surface area contributed by atoms with Crippen molar-refractivity contribution in [2.75, 3.05) is 7.11 Å². The average molecular weight is 184 g/mol. The van der Waals surface area contributed by atoms with Crippen LogP contribution in [0.3, 0.4) is 0 Å². The van der Waals surface area contributed by atoms with Crippen LogP contribution in [0.2, 0.25) is 0 Å². The lowest BCUT2D eigenvalue weighted by Crippen LogP contribution is -1.93. The van der Waals surface area contributed by atoms with Gasteiger partial charge in [-0.05, 0) is 24.6 Å². The van der Waals surface area contributed by atoms with Crippen molar-refractivity contribution in [1.29, 1.82) is 0 Å². The summed E-state index contributed by atoms with van der Waals surface area (Å²) in [5.74, 6) is 0.870. The predicted octanol–water partition coefficient (Wildman–Crippen LogP) is 2.87. The van der Waals surface area contributed by atoms with Gasteiger partial charge in [-0.25, -0.2) is 0 Å². The van der Waals surface area contributed by atoms with Crippen molar-refractivity contribution in [3.63, 3.8) is 0 Å². The number of benzene rings is 1. The van der Waals surface area contributed by atoms with Crippen LogP contribution in [-0.4, -0.2) is 12.5 Å². The fourth-order valence-electron chi connectivity index (χ4n) is 0.980. The van der Waals surface area contributed by atoms with E-state index in [1.54, 1.807) is 7.11 Å². The second-order valence-corrected chi connectivity index (χ2v) is 3.31. The van der Waals surface area contributed by atoms with Gasteiger partial charge in [0.2, 0.25) is 0 Å². The first-order chi connectivity index (χ1) is 5.72. The highest BCUT2D eigenvalue weighted by atomic mass is 35.5. The number of methoxy groups -OCH3 is 1. The molecule has 1 aromatic carbocycles. The van der Waals surface area contributed by atoms with E-state index in [4.69, 9.17) is 16.3 Å². The van der Waals surface area contributed by atoms with Crippen molar-refractivity contribution in [2.24, 2.45) is 0 Å². The molecule has 0 fully saturated rings. The summed E-state index contributed by atoms with van der Waals surface area (Å²) in [5, 5.41) is 0.0680. The minimum atomic E-state index is 0.0680. The van der Waals surface area contributed by atoms with Crippen LogP contribution in [-0.2, 0) is 0 Å². The monoisotopic (exact) mass is 183 g/mol. The molecule has 0 amide bonds. The molecule has 0 aromatic heterocycles. The van der Waals surface area contributed by atoms with Gasteiger partial charge in [0.15, 0.2) is 0 Å². The first-order valence-electron chi connectivity index (χ1n) is 3.85. The van der Waals surface area contributed by atoms with Crippen molar-refractivity contribution in [2.45, 2.75) is 12.3 Å². The van der Waals surface area contributed by atoms with E-state index in [1.807, 2.05) is 37.6 Å². The molecule has 12 heavy (non-hydrogen) atoms. The molecule has 65 valence electrons. The summed E-state index contributed by atoms with van der Waals surface area (Å²) in [4.78, 5) is 0. The highest BCUT2D eigenvalue weighted by molar-refractivity contribution is 6.21. The van der Waals surface area contributed by atoms with E-state index < -0.39 is 0 Å². The molecular weight excluding hydrogens is 172 g/mol. The molecule has 1 aromatic rings. The Morgan fingerprint density at radius 3 is 2.33 bits per heavy atom. The summed E-state index contributed by atoms with van der Waals surface area (Å²) < 4.78 is 5.03. The zero-order valence-electron chi connectivity index (χ0n) is 7.25. The maximum atomic E-state index is 5.80. The molecule has 1 nitrogen and oxygen atoms in total. The summed E-state index contributed by atoms with van der Waals surface area (Å²) in [6.45, 7) is 1.94. The Bertz CT molecular complexity index is 228. The van der Waals surface area contributed by atoms with Crippen molar-refractivity contribution in [1.82, 2.24) is 0 Å². The largest absolute Gasteiger partial charge is 0.497 e. The summed E-state index contributed by atoms with van der Waals surface area (Å²) in [6.07, 6.45) is 1.99. The predicted molar refractivity (Wildman–Crippen MR) is 51.7 cm³/mol. The molecule has 0 aliphatic rings. The molecule has 1 radical (unpaired) electrons. The van der Waals surface area contributed by atoms with Crippen LogP contribution >= 0.6 is 11.6 Å². The van der Waals surface area contributed by atoms with E-state index in [9.17, 15) is 0 Å². The van der Waals surface area contributed by atoms with Gasteiger partial charge >= 0.3 is 0 Å². The Balaban J connectivity index is 2.65. The molecule has 0 bridgehead atoms. The normalized spacial score (nSPS) is 12.6. The maximum absolute atomic E-state index is 5.80. The molecule has 1 rings (SSSR count). The molecule has 0 spiro atoms. The van der Waals surface area contributed by atoms with E-state index in [1.165, 1.54) is 0 Å². The van der Waals surface area contributed by atoms with Crippen LogP contribution in [0.4, 0.5) is 0 Å². The molecule has 0 saturated carbocycles. The molecule has 2 heteroatoms. The van der Waals surface area contributed by atoms with Gasteiger partial charge in [0.05, 0.1) is 7.11 Å². The highest BCUT2D eigenvalue weighted by Crippen LogP contribution is 2.15. The van der Waals surface area contributed by atoms with Gasteiger partial charge in [0.1, 0.15) is 5.75 Å². The second-order valence-electron chi connectivity index (χ2n) is 2.62. The SMILES string of the molecule is COc1ccc([CH]C(C)Cl)cc1. The van der Waals surface area contributed by atoms with Crippen molar-refractivity contribution in [3.8, 4) is 5.75 Å². The fraction of sp³-hybridized carbons (Fsp3) is 0.300. The lowest BCUT2D eigenvalue weighted by Gasteiger charge is -2.03. The quantitative estimate of drug-likeness (QED) is 0.655. The Kier molecular flexibility index (Phi) is 3.42. The summed E-state index contributed by atoms with van der Waals surface area (Å²) in [6, 6.07) is 7.81. The van der Waals surface area contributed by atoms with Crippen LogP contribution in [0.15, 0.2) is 24.3 Å². The van der Waals surface area contributed by atoms with E-state index in [2.05, 4.69) is 0 Å². The highest BCUT2D eigenvalue weighted by Gasteiger charge is 1.99. The van der Waals surface area contributed by atoms with Crippen molar-refractivity contribution in [3.05, 3.63) is 36.2 Å². The van der Waals surface area contributed by atoms with Gasteiger partial charge in [-0.15, -0.1) is 11.6 Å². The van der Waals surface area contributed by atoms with E-state index in [0.29, 0.717) is 0 Å². The topological polar surface area (TPSA) is 9.23 Å². The van der Waals surface area contributed by atoms with Crippen LogP contribution < -0.4 is 4.74 Å². The summed E-state index contributed by atoms with van der Waals surface area (Å²) in [7, 11) is 1.66. The second kappa shape index (κ2) is 4.36. The number of rotatable bonds is 3. The molecule has 1 unspecified atom stereocenters. The van der Waals surface area contributed by atoms with E-state index in [-0.39, 0.29) is 5.38 Å². The molecule has 1 atom stereocenters. The lowest BCUT2D eigenvalue weighted by molar-refractivity contribution is 0.414. The van der Waals surface area contributed by atoms with Gasteiger partial charge in [-0.3, -0.25) is 0 Å². The van der Waals surface area contributed by atoms with Crippen molar-refractivity contribution >= 4 is 11.6 Å². The van der Waals surface area contributed by atoms with Crippen LogP contribution in [0.1, 0.15) is 12.5 Å². The third kappa shape index (κ3) is 2.74. The Morgan fingerprint density at radius 2 is 1.92 bits per heavy atom. The van der Waals surface area contributed by atoms with Crippen LogP contribution in [0.25, 0.3) is 0 Å². The van der Waals surface area contributed by atoms with E-state index in [0.717, 1.165) is 11.3 Å². The Hall–Kier alpha value is -0.690. The average Bonchev–Trinajstić information content (AvgIpc) is 2.05. The molecular formula is C10H12ClO. The standard InChI is InChI=1S/C10H12ClO/c1-8(11)7-9-3-5-10(12-2)6-4-9/h3-8H,1-2H3. The molecule has 0 heterocycles. The van der Waals surface area contributed by atoms with E-state index >= 15 is 0 Å². The number of hydrogen-bond donors (Lipinski definition) is 0. The third-order valence-corrected chi connectivity index (χ3v) is 1.66.